The lowest BCUT2D eigenvalue weighted by Crippen LogP contribution is -1.85. The van der Waals surface area contributed by atoms with Gasteiger partial charge in [-0.2, -0.15) is 4.98 Å². The van der Waals surface area contributed by atoms with Gasteiger partial charge in [0.05, 0.1) is 0 Å². The van der Waals surface area contributed by atoms with Crippen LogP contribution in [0.25, 0.3) is 11.0 Å². The highest BCUT2D eigenvalue weighted by Gasteiger charge is 2.03. The van der Waals surface area contributed by atoms with Crippen LogP contribution in [0.3, 0.4) is 0 Å². The maximum absolute atomic E-state index is 9.05. The van der Waals surface area contributed by atoms with Crippen molar-refractivity contribution in [3.05, 3.63) is 18.6 Å². The molecule has 0 bridgehead atoms. The fourth-order valence-electron chi connectivity index (χ4n) is 0.899. The second-order valence-corrected chi connectivity index (χ2v) is 2.27. The van der Waals surface area contributed by atoms with Gasteiger partial charge in [0.15, 0.2) is 11.4 Å². The van der Waals surface area contributed by atoms with E-state index in [0.29, 0.717) is 11.0 Å². The number of rotatable bonds is 0. The Morgan fingerprint density at radius 2 is 2.08 bits per heavy atom. The standard InChI is InChI=1S/C7H5N3O2/c11-5-1-4-2-8-3-9-6(4)10-7(5)12/h1-3,11H,(H,8,9,10,12). The van der Waals surface area contributed by atoms with E-state index < -0.39 is 5.88 Å². The van der Waals surface area contributed by atoms with Crippen molar-refractivity contribution >= 4 is 11.0 Å². The summed E-state index contributed by atoms with van der Waals surface area (Å²) in [6.07, 6.45) is 2.83. The molecular weight excluding hydrogens is 158 g/mol. The Morgan fingerprint density at radius 3 is 2.92 bits per heavy atom. The van der Waals surface area contributed by atoms with Crippen LogP contribution in [-0.4, -0.2) is 25.2 Å². The van der Waals surface area contributed by atoms with E-state index in [-0.39, 0.29) is 5.75 Å². The number of aromatic hydroxyl groups is 2. The molecule has 0 spiro atoms. The molecule has 0 amide bonds. The first kappa shape index (κ1) is 6.78. The van der Waals surface area contributed by atoms with Crippen LogP contribution >= 0.6 is 0 Å². The summed E-state index contributed by atoms with van der Waals surface area (Å²) in [7, 11) is 0. The predicted octanol–water partition coefficient (Wildman–Crippen LogP) is 0.436. The van der Waals surface area contributed by atoms with Crippen molar-refractivity contribution in [2.75, 3.05) is 0 Å². The molecule has 0 aliphatic heterocycles. The lowest BCUT2D eigenvalue weighted by Gasteiger charge is -1.97. The number of hydrogen-bond acceptors (Lipinski definition) is 5. The summed E-state index contributed by atoms with van der Waals surface area (Å²) in [6, 6.07) is 1.36. The van der Waals surface area contributed by atoms with E-state index in [1.807, 2.05) is 0 Å². The summed E-state index contributed by atoms with van der Waals surface area (Å²) in [5.41, 5.74) is 0.361. The average Bonchev–Trinajstić information content (AvgIpc) is 2.07. The van der Waals surface area contributed by atoms with Gasteiger partial charge in [0.1, 0.15) is 6.33 Å². The Bertz CT molecular complexity index is 389. The number of fused-ring (bicyclic) bond motifs is 1. The van der Waals surface area contributed by atoms with Crippen molar-refractivity contribution in [2.24, 2.45) is 0 Å². The van der Waals surface area contributed by atoms with Crippen molar-refractivity contribution in [3.8, 4) is 11.6 Å². The Kier molecular flexibility index (Phi) is 1.30. The van der Waals surface area contributed by atoms with Gasteiger partial charge >= 0.3 is 0 Å². The summed E-state index contributed by atoms with van der Waals surface area (Å²) >= 11 is 0. The number of nitrogens with zero attached hydrogens (tertiary/aromatic N) is 3. The zero-order chi connectivity index (χ0) is 8.55. The molecule has 5 nitrogen and oxygen atoms in total. The smallest absolute Gasteiger partial charge is 0.256 e. The van der Waals surface area contributed by atoms with Crippen molar-refractivity contribution < 1.29 is 10.2 Å². The Hall–Kier alpha value is -1.91. The van der Waals surface area contributed by atoms with Crippen LogP contribution in [0.1, 0.15) is 0 Å². The molecule has 0 atom stereocenters. The second kappa shape index (κ2) is 2.30. The van der Waals surface area contributed by atoms with Gasteiger partial charge in [-0.1, -0.05) is 0 Å². The molecule has 2 rings (SSSR count). The molecule has 0 aromatic carbocycles. The monoisotopic (exact) mass is 163 g/mol. The largest absolute Gasteiger partial charge is 0.503 e. The van der Waals surface area contributed by atoms with Gasteiger partial charge in [-0.15, -0.1) is 0 Å². The molecule has 0 radical (unpaired) electrons. The minimum atomic E-state index is -0.416. The summed E-state index contributed by atoms with van der Waals surface area (Å²) in [5, 5.41) is 18.6. The molecule has 12 heavy (non-hydrogen) atoms. The van der Waals surface area contributed by atoms with Crippen molar-refractivity contribution in [1.29, 1.82) is 0 Å². The van der Waals surface area contributed by atoms with Crippen molar-refractivity contribution in [3.63, 3.8) is 0 Å². The molecule has 5 heteroatoms. The van der Waals surface area contributed by atoms with Crippen LogP contribution in [0.5, 0.6) is 11.6 Å². The van der Waals surface area contributed by atoms with Gasteiger partial charge in [-0.25, -0.2) is 9.97 Å². The third-order valence-electron chi connectivity index (χ3n) is 1.45. The Balaban J connectivity index is 2.84. The number of pyridine rings is 1. The average molecular weight is 163 g/mol. The fraction of sp³-hybridized carbons (Fsp3) is 0. The molecule has 60 valence electrons. The molecular formula is C7H5N3O2. The van der Waals surface area contributed by atoms with E-state index in [2.05, 4.69) is 15.0 Å². The fourth-order valence-corrected chi connectivity index (χ4v) is 0.899. The van der Waals surface area contributed by atoms with Gasteiger partial charge in [0, 0.05) is 11.6 Å². The van der Waals surface area contributed by atoms with Crippen molar-refractivity contribution in [1.82, 2.24) is 15.0 Å². The van der Waals surface area contributed by atoms with Gasteiger partial charge in [0.25, 0.3) is 5.88 Å². The topological polar surface area (TPSA) is 79.1 Å². The second-order valence-electron chi connectivity index (χ2n) is 2.27. The highest BCUT2D eigenvalue weighted by molar-refractivity contribution is 5.75. The highest BCUT2D eigenvalue weighted by Crippen LogP contribution is 2.24. The third-order valence-corrected chi connectivity index (χ3v) is 1.45. The summed E-state index contributed by atoms with van der Waals surface area (Å²) in [6.45, 7) is 0. The molecule has 0 saturated heterocycles. The van der Waals surface area contributed by atoms with Crippen molar-refractivity contribution in [2.45, 2.75) is 0 Å². The first-order valence-corrected chi connectivity index (χ1v) is 3.26. The number of hydrogen-bond donors (Lipinski definition) is 2. The molecule has 0 aliphatic carbocycles. The first-order chi connectivity index (χ1) is 5.77. The predicted molar refractivity (Wildman–Crippen MR) is 40.7 cm³/mol. The summed E-state index contributed by atoms with van der Waals surface area (Å²) in [5.74, 6) is -0.682. The van der Waals surface area contributed by atoms with Gasteiger partial charge in [0.2, 0.25) is 0 Å². The lowest BCUT2D eigenvalue weighted by molar-refractivity contribution is 0.390. The van der Waals surface area contributed by atoms with Gasteiger partial charge in [-0.05, 0) is 6.07 Å². The highest BCUT2D eigenvalue weighted by atomic mass is 16.3. The molecule has 2 aromatic rings. The zero-order valence-corrected chi connectivity index (χ0v) is 5.97. The Labute approximate surface area is 67.4 Å². The van der Waals surface area contributed by atoms with Gasteiger partial charge in [-0.3, -0.25) is 0 Å². The molecule has 2 heterocycles. The molecule has 0 aliphatic rings. The minimum absolute atomic E-state index is 0.266. The normalized spacial score (nSPS) is 10.3. The van der Waals surface area contributed by atoms with E-state index in [9.17, 15) is 0 Å². The molecule has 0 fully saturated rings. The van der Waals surface area contributed by atoms with E-state index in [1.165, 1.54) is 18.6 Å². The zero-order valence-electron chi connectivity index (χ0n) is 5.97. The maximum atomic E-state index is 9.05. The minimum Gasteiger partial charge on any atom is -0.503 e. The molecule has 2 N–H and O–H groups in total. The summed E-state index contributed by atoms with van der Waals surface area (Å²) < 4.78 is 0. The van der Waals surface area contributed by atoms with Crippen LogP contribution in [0.2, 0.25) is 0 Å². The molecule has 0 saturated carbocycles. The number of aromatic nitrogens is 3. The van der Waals surface area contributed by atoms with Crippen LogP contribution < -0.4 is 0 Å². The first-order valence-electron chi connectivity index (χ1n) is 3.26. The van der Waals surface area contributed by atoms with Crippen LogP contribution in [0.4, 0.5) is 0 Å². The maximum Gasteiger partial charge on any atom is 0.256 e. The van der Waals surface area contributed by atoms with Crippen LogP contribution in [0, 0.1) is 0 Å². The Morgan fingerprint density at radius 1 is 1.25 bits per heavy atom. The van der Waals surface area contributed by atoms with Crippen LogP contribution in [-0.2, 0) is 0 Å². The van der Waals surface area contributed by atoms with Crippen LogP contribution in [0.15, 0.2) is 18.6 Å². The SMILES string of the molecule is Oc1cc2cncnc2nc1O. The van der Waals surface area contributed by atoms with E-state index in [0.717, 1.165) is 0 Å². The van der Waals surface area contributed by atoms with E-state index in [1.54, 1.807) is 0 Å². The molecule has 2 aromatic heterocycles. The third kappa shape index (κ3) is 0.914. The lowest BCUT2D eigenvalue weighted by atomic mass is 10.3. The van der Waals surface area contributed by atoms with E-state index >= 15 is 0 Å². The van der Waals surface area contributed by atoms with Gasteiger partial charge < -0.3 is 10.2 Å². The quantitative estimate of drug-likeness (QED) is 0.589. The molecule has 0 unspecified atom stereocenters. The van der Waals surface area contributed by atoms with E-state index in [4.69, 9.17) is 10.2 Å². The summed E-state index contributed by atoms with van der Waals surface area (Å²) in [4.78, 5) is 11.2.